The maximum absolute atomic E-state index is 14.1. The third kappa shape index (κ3) is 4.27. The van der Waals surface area contributed by atoms with Crippen molar-refractivity contribution in [2.45, 2.75) is 12.8 Å². The highest BCUT2D eigenvalue weighted by Gasteiger charge is 2.37. The maximum Gasteiger partial charge on any atom is 0.253 e. The number of nitriles is 1. The number of amides is 2. The molecular weight excluding hydrogens is 435 g/mol. The van der Waals surface area contributed by atoms with Gasteiger partial charge in [-0.05, 0) is 61.1 Å². The van der Waals surface area contributed by atoms with Crippen molar-refractivity contribution in [3.05, 3.63) is 65.0 Å². The summed E-state index contributed by atoms with van der Waals surface area (Å²) < 4.78 is 14.1. The maximum atomic E-state index is 14.1. The largest absolute Gasteiger partial charge is 0.339 e. The van der Waals surface area contributed by atoms with Crippen molar-refractivity contribution in [1.82, 2.24) is 25.2 Å². The van der Waals surface area contributed by atoms with Gasteiger partial charge in [-0.1, -0.05) is 11.3 Å². The van der Waals surface area contributed by atoms with Crippen LogP contribution in [0.3, 0.4) is 0 Å². The van der Waals surface area contributed by atoms with E-state index in [1.54, 1.807) is 17.0 Å². The highest BCUT2D eigenvalue weighted by Crippen LogP contribution is 2.33. The third-order valence-corrected chi connectivity index (χ3v) is 6.82. The molecule has 2 aliphatic heterocycles. The summed E-state index contributed by atoms with van der Waals surface area (Å²) in [5, 5.41) is 19.4. The number of nitrogens with zero attached hydrogens (tertiary/aromatic N) is 5. The summed E-state index contributed by atoms with van der Waals surface area (Å²) in [5.41, 5.74) is 2.59. The number of H-pyrrole nitrogens is 1. The van der Waals surface area contributed by atoms with Gasteiger partial charge >= 0.3 is 0 Å². The monoisotopic (exact) mass is 458 g/mol. The van der Waals surface area contributed by atoms with Crippen LogP contribution in [0.1, 0.15) is 34.3 Å². The molecule has 0 spiro atoms. The number of aromatic nitrogens is 3. The molecule has 2 saturated heterocycles. The van der Waals surface area contributed by atoms with Crippen molar-refractivity contribution in [1.29, 1.82) is 5.26 Å². The molecule has 0 unspecified atom stereocenters. The summed E-state index contributed by atoms with van der Waals surface area (Å²) in [4.78, 5) is 29.5. The van der Waals surface area contributed by atoms with Crippen molar-refractivity contribution >= 4 is 28.9 Å². The molecule has 2 fully saturated rings. The van der Waals surface area contributed by atoms with Gasteiger partial charge in [0.15, 0.2) is 0 Å². The fraction of sp³-hybridized carbons (Fsp3) is 0.320. The zero-order chi connectivity index (χ0) is 23.7. The van der Waals surface area contributed by atoms with E-state index in [-0.39, 0.29) is 22.9 Å². The SMILES string of the molecule is N#Cc1ccc(C=CC(=O)N2CC[C@@H]3CN(C(=O)c4ccc5[nH]nnc5c4)C[C@@H]3CC2)c(F)c1. The number of carbonyl (C=O) groups is 2. The lowest BCUT2D eigenvalue weighted by molar-refractivity contribution is -0.126. The molecule has 1 aromatic heterocycles. The zero-order valence-corrected chi connectivity index (χ0v) is 18.4. The second-order valence-corrected chi connectivity index (χ2v) is 8.86. The van der Waals surface area contributed by atoms with Gasteiger partial charge in [-0.25, -0.2) is 4.39 Å². The number of fused-ring (bicyclic) bond motifs is 2. The third-order valence-electron chi connectivity index (χ3n) is 6.82. The van der Waals surface area contributed by atoms with Crippen LogP contribution >= 0.6 is 0 Å². The first kappa shape index (κ1) is 21.8. The van der Waals surface area contributed by atoms with Crippen molar-refractivity contribution in [2.24, 2.45) is 11.8 Å². The summed E-state index contributed by atoms with van der Waals surface area (Å²) in [7, 11) is 0. The van der Waals surface area contributed by atoms with E-state index in [0.29, 0.717) is 49.1 Å². The zero-order valence-electron chi connectivity index (χ0n) is 18.4. The number of likely N-dealkylation sites (tertiary alicyclic amines) is 2. The van der Waals surface area contributed by atoms with Crippen LogP contribution in [0.2, 0.25) is 0 Å². The minimum Gasteiger partial charge on any atom is -0.339 e. The van der Waals surface area contributed by atoms with Gasteiger partial charge in [-0.3, -0.25) is 14.7 Å². The van der Waals surface area contributed by atoms with Crippen LogP contribution in [-0.2, 0) is 4.79 Å². The molecule has 3 aromatic rings. The Balaban J connectivity index is 1.19. The van der Waals surface area contributed by atoms with Gasteiger partial charge < -0.3 is 9.80 Å². The Morgan fingerprint density at radius 3 is 2.56 bits per heavy atom. The van der Waals surface area contributed by atoms with Crippen LogP contribution in [0.5, 0.6) is 0 Å². The Bertz CT molecular complexity index is 1310. The van der Waals surface area contributed by atoms with E-state index in [1.165, 1.54) is 24.3 Å². The van der Waals surface area contributed by atoms with Gasteiger partial charge in [0.25, 0.3) is 5.91 Å². The highest BCUT2D eigenvalue weighted by atomic mass is 19.1. The molecule has 3 heterocycles. The second kappa shape index (κ2) is 9.06. The quantitative estimate of drug-likeness (QED) is 0.608. The van der Waals surface area contributed by atoms with Crippen molar-refractivity contribution < 1.29 is 14.0 Å². The first-order chi connectivity index (χ1) is 16.5. The Labute approximate surface area is 195 Å². The Morgan fingerprint density at radius 1 is 1.09 bits per heavy atom. The van der Waals surface area contributed by atoms with E-state index in [4.69, 9.17) is 5.26 Å². The van der Waals surface area contributed by atoms with Gasteiger partial charge in [0, 0.05) is 43.4 Å². The highest BCUT2D eigenvalue weighted by molar-refractivity contribution is 5.97. The topological polar surface area (TPSA) is 106 Å². The summed E-state index contributed by atoms with van der Waals surface area (Å²) >= 11 is 0. The van der Waals surface area contributed by atoms with E-state index in [9.17, 15) is 14.0 Å². The van der Waals surface area contributed by atoms with Gasteiger partial charge in [-0.15, -0.1) is 5.10 Å². The Hall–Kier alpha value is -4.06. The predicted octanol–water partition coefficient (Wildman–Crippen LogP) is 2.99. The van der Waals surface area contributed by atoms with Crippen molar-refractivity contribution in [3.63, 3.8) is 0 Å². The average Bonchev–Trinajstić information content (AvgIpc) is 3.44. The van der Waals surface area contributed by atoms with Crippen LogP contribution in [0, 0.1) is 29.0 Å². The Morgan fingerprint density at radius 2 is 1.85 bits per heavy atom. The fourth-order valence-electron chi connectivity index (χ4n) is 4.89. The number of hydrogen-bond acceptors (Lipinski definition) is 5. The molecule has 2 atom stereocenters. The lowest BCUT2D eigenvalue weighted by Gasteiger charge is -2.21. The molecule has 5 rings (SSSR count). The number of carbonyl (C=O) groups excluding carboxylic acids is 2. The fourth-order valence-corrected chi connectivity index (χ4v) is 4.89. The molecule has 0 radical (unpaired) electrons. The number of hydrogen-bond donors (Lipinski definition) is 1. The van der Waals surface area contributed by atoms with Crippen LogP contribution in [0.4, 0.5) is 4.39 Å². The first-order valence-corrected chi connectivity index (χ1v) is 11.3. The predicted molar refractivity (Wildman–Crippen MR) is 123 cm³/mol. The van der Waals surface area contributed by atoms with Crippen LogP contribution in [-0.4, -0.2) is 63.2 Å². The number of aromatic amines is 1. The molecule has 2 amide bonds. The van der Waals surface area contributed by atoms with E-state index in [0.717, 1.165) is 24.4 Å². The van der Waals surface area contributed by atoms with Gasteiger partial charge in [-0.2, -0.15) is 5.26 Å². The molecule has 1 N–H and O–H groups in total. The standard InChI is InChI=1S/C25H23FN6O2/c26-21-11-16(13-27)1-2-17(21)4-6-24(33)31-9-7-19-14-32(15-20(19)8-10-31)25(34)18-3-5-22-23(12-18)29-30-28-22/h1-6,11-12,19-20H,7-10,14-15H2,(H,28,29,30)/t19-,20+. The molecule has 0 aliphatic carbocycles. The molecule has 9 heteroatoms. The summed E-state index contributed by atoms with van der Waals surface area (Å²) in [6.45, 7) is 2.56. The molecule has 0 bridgehead atoms. The van der Waals surface area contributed by atoms with Crippen molar-refractivity contribution in [3.8, 4) is 6.07 Å². The van der Waals surface area contributed by atoms with Gasteiger partial charge in [0.05, 0.1) is 17.1 Å². The molecule has 34 heavy (non-hydrogen) atoms. The van der Waals surface area contributed by atoms with E-state index >= 15 is 0 Å². The number of nitrogens with one attached hydrogen (secondary N) is 1. The van der Waals surface area contributed by atoms with Gasteiger partial charge in [0.1, 0.15) is 11.3 Å². The lowest BCUT2D eigenvalue weighted by atomic mass is 9.92. The normalized spacial score (nSPS) is 20.4. The Kier molecular flexibility index (Phi) is 5.80. The van der Waals surface area contributed by atoms with Crippen LogP contribution in [0.25, 0.3) is 17.1 Å². The number of rotatable bonds is 3. The molecular formula is C25H23FN6O2. The summed E-state index contributed by atoms with van der Waals surface area (Å²) in [6, 6.07) is 11.4. The van der Waals surface area contributed by atoms with Gasteiger partial charge in [0.2, 0.25) is 5.91 Å². The van der Waals surface area contributed by atoms with Crippen molar-refractivity contribution in [2.75, 3.05) is 26.2 Å². The molecule has 172 valence electrons. The van der Waals surface area contributed by atoms with E-state index < -0.39 is 5.82 Å². The minimum atomic E-state index is -0.527. The van der Waals surface area contributed by atoms with Crippen LogP contribution in [0.15, 0.2) is 42.5 Å². The average molecular weight is 458 g/mol. The molecule has 8 nitrogen and oxygen atoms in total. The smallest absolute Gasteiger partial charge is 0.253 e. The second-order valence-electron chi connectivity index (χ2n) is 8.86. The number of halogens is 1. The molecule has 2 aliphatic rings. The molecule has 2 aromatic carbocycles. The van der Waals surface area contributed by atoms with E-state index in [1.807, 2.05) is 17.0 Å². The molecule has 0 saturated carbocycles. The first-order valence-electron chi connectivity index (χ1n) is 11.3. The lowest BCUT2D eigenvalue weighted by Crippen LogP contribution is -2.33. The number of benzene rings is 2. The van der Waals surface area contributed by atoms with Crippen LogP contribution < -0.4 is 0 Å². The minimum absolute atomic E-state index is 0.00159. The van der Waals surface area contributed by atoms with E-state index in [2.05, 4.69) is 15.4 Å². The summed E-state index contributed by atoms with van der Waals surface area (Å²) in [6.07, 6.45) is 4.49. The summed E-state index contributed by atoms with van der Waals surface area (Å²) in [5.74, 6) is 0.00628.